The highest BCUT2D eigenvalue weighted by atomic mass is 16.6. The lowest BCUT2D eigenvalue weighted by Gasteiger charge is -2.10. The number of rotatable bonds is 9. The van der Waals surface area contributed by atoms with Gasteiger partial charge in [0.05, 0.1) is 17.7 Å². The lowest BCUT2D eigenvalue weighted by molar-refractivity contribution is -0.384. The van der Waals surface area contributed by atoms with Gasteiger partial charge >= 0.3 is 0 Å². The van der Waals surface area contributed by atoms with E-state index in [1.807, 2.05) is 6.92 Å². The maximum atomic E-state index is 10.7. The summed E-state index contributed by atoms with van der Waals surface area (Å²) in [6.07, 6.45) is 6.71. The van der Waals surface area contributed by atoms with Crippen LogP contribution in [0.15, 0.2) is 47.6 Å². The Morgan fingerprint density at radius 2 is 2.08 bits per heavy atom. The highest BCUT2D eigenvalue weighted by molar-refractivity contribution is 5.80. The SMILES string of the molecule is C#CCOc1ccc(/C=N\OCc2cccc([N+](=O)[O-])c2)cc1OCC. The van der Waals surface area contributed by atoms with Gasteiger partial charge in [-0.05, 0) is 30.7 Å². The van der Waals surface area contributed by atoms with Crippen LogP contribution in [0.2, 0.25) is 0 Å². The number of hydrogen-bond acceptors (Lipinski definition) is 6. The van der Waals surface area contributed by atoms with Crippen LogP contribution >= 0.6 is 0 Å². The van der Waals surface area contributed by atoms with Gasteiger partial charge in [0.1, 0.15) is 13.2 Å². The number of hydrogen-bond donors (Lipinski definition) is 0. The fraction of sp³-hybridized carbons (Fsp3) is 0.211. The van der Waals surface area contributed by atoms with Crippen LogP contribution in [0.3, 0.4) is 0 Å². The summed E-state index contributed by atoms with van der Waals surface area (Å²) in [7, 11) is 0. The van der Waals surface area contributed by atoms with Crippen molar-refractivity contribution in [3.8, 4) is 23.8 Å². The number of terminal acetylenes is 1. The highest BCUT2D eigenvalue weighted by Crippen LogP contribution is 2.28. The van der Waals surface area contributed by atoms with E-state index in [9.17, 15) is 10.1 Å². The number of ether oxygens (including phenoxy) is 2. The molecular weight excluding hydrogens is 336 g/mol. The molecule has 2 aromatic rings. The Labute approximate surface area is 151 Å². The Morgan fingerprint density at radius 3 is 2.81 bits per heavy atom. The van der Waals surface area contributed by atoms with E-state index in [1.54, 1.807) is 30.3 Å². The number of nitro benzene ring substituents is 1. The lowest BCUT2D eigenvalue weighted by atomic mass is 10.2. The van der Waals surface area contributed by atoms with Crippen molar-refractivity contribution in [2.75, 3.05) is 13.2 Å². The summed E-state index contributed by atoms with van der Waals surface area (Å²) in [5.74, 6) is 3.52. The first kappa shape index (κ1) is 18.8. The lowest BCUT2D eigenvalue weighted by Crippen LogP contribution is -2.00. The maximum Gasteiger partial charge on any atom is 0.269 e. The summed E-state index contributed by atoms with van der Waals surface area (Å²) in [5.41, 5.74) is 1.42. The molecule has 0 N–H and O–H groups in total. The third-order valence-electron chi connectivity index (χ3n) is 3.21. The predicted octanol–water partition coefficient (Wildman–Crippen LogP) is 3.56. The molecule has 0 atom stereocenters. The summed E-state index contributed by atoms with van der Waals surface area (Å²) >= 11 is 0. The summed E-state index contributed by atoms with van der Waals surface area (Å²) < 4.78 is 10.9. The first-order chi connectivity index (χ1) is 12.6. The number of nitro groups is 1. The van der Waals surface area contributed by atoms with E-state index in [0.717, 1.165) is 5.56 Å². The Bertz CT molecular complexity index is 827. The third-order valence-corrected chi connectivity index (χ3v) is 3.21. The van der Waals surface area contributed by atoms with Crippen molar-refractivity contribution >= 4 is 11.9 Å². The summed E-state index contributed by atoms with van der Waals surface area (Å²) in [6, 6.07) is 11.5. The molecule has 0 bridgehead atoms. The van der Waals surface area contributed by atoms with E-state index >= 15 is 0 Å². The van der Waals surface area contributed by atoms with Crippen molar-refractivity contribution in [2.45, 2.75) is 13.5 Å². The van der Waals surface area contributed by atoms with Gasteiger partial charge in [-0.1, -0.05) is 23.2 Å². The Balaban J connectivity index is 1.99. The van der Waals surface area contributed by atoms with Crippen molar-refractivity contribution in [3.05, 3.63) is 63.7 Å². The Kier molecular flexibility index (Phi) is 7.01. The molecule has 7 heteroatoms. The molecule has 0 aliphatic carbocycles. The second-order valence-electron chi connectivity index (χ2n) is 5.07. The van der Waals surface area contributed by atoms with Gasteiger partial charge in [-0.25, -0.2) is 0 Å². The molecule has 0 aromatic heterocycles. The zero-order chi connectivity index (χ0) is 18.8. The molecule has 0 heterocycles. The summed E-state index contributed by atoms with van der Waals surface area (Å²) in [5, 5.41) is 14.6. The second-order valence-corrected chi connectivity index (χ2v) is 5.07. The molecule has 134 valence electrons. The van der Waals surface area contributed by atoms with Gasteiger partial charge < -0.3 is 14.3 Å². The molecule has 0 saturated carbocycles. The number of benzene rings is 2. The Morgan fingerprint density at radius 1 is 1.23 bits per heavy atom. The van der Waals surface area contributed by atoms with Crippen LogP contribution < -0.4 is 9.47 Å². The van der Waals surface area contributed by atoms with Crippen molar-refractivity contribution in [2.24, 2.45) is 5.16 Å². The number of non-ortho nitro benzene ring substituents is 1. The van der Waals surface area contributed by atoms with Crippen LogP contribution in [0.4, 0.5) is 5.69 Å². The van der Waals surface area contributed by atoms with Crippen LogP contribution in [0.25, 0.3) is 0 Å². The molecule has 0 fully saturated rings. The van der Waals surface area contributed by atoms with E-state index < -0.39 is 4.92 Å². The third kappa shape index (κ3) is 5.53. The minimum Gasteiger partial charge on any atom is -0.490 e. The normalized spacial score (nSPS) is 10.3. The predicted molar refractivity (Wildman–Crippen MR) is 97.4 cm³/mol. The molecule has 2 rings (SSSR count). The average Bonchev–Trinajstić information content (AvgIpc) is 2.65. The van der Waals surface area contributed by atoms with Crippen molar-refractivity contribution in [1.29, 1.82) is 0 Å². The summed E-state index contributed by atoms with van der Waals surface area (Å²) in [4.78, 5) is 15.5. The maximum absolute atomic E-state index is 10.7. The summed E-state index contributed by atoms with van der Waals surface area (Å²) in [6.45, 7) is 2.63. The Hall–Kier alpha value is -3.53. The van der Waals surface area contributed by atoms with Crippen molar-refractivity contribution in [3.63, 3.8) is 0 Å². The van der Waals surface area contributed by atoms with Gasteiger partial charge in [-0.2, -0.15) is 0 Å². The van der Waals surface area contributed by atoms with Crippen LogP contribution in [-0.4, -0.2) is 24.4 Å². The minimum atomic E-state index is -0.453. The van der Waals surface area contributed by atoms with Gasteiger partial charge in [0.25, 0.3) is 5.69 Å². The monoisotopic (exact) mass is 354 g/mol. The number of oxime groups is 1. The molecule has 0 amide bonds. The quantitative estimate of drug-likeness (QED) is 0.298. The van der Waals surface area contributed by atoms with E-state index in [1.165, 1.54) is 18.3 Å². The van der Waals surface area contributed by atoms with Crippen molar-refractivity contribution in [1.82, 2.24) is 0 Å². The molecule has 0 aliphatic rings. The first-order valence-corrected chi connectivity index (χ1v) is 7.85. The first-order valence-electron chi connectivity index (χ1n) is 7.85. The van der Waals surface area contributed by atoms with Crippen LogP contribution in [0.5, 0.6) is 11.5 Å². The van der Waals surface area contributed by atoms with E-state index in [2.05, 4.69) is 11.1 Å². The smallest absolute Gasteiger partial charge is 0.269 e. The number of nitrogens with zero attached hydrogens (tertiary/aromatic N) is 2. The molecule has 0 aliphatic heterocycles. The topological polar surface area (TPSA) is 83.2 Å². The van der Waals surface area contributed by atoms with Gasteiger partial charge in [-0.15, -0.1) is 6.42 Å². The molecule has 26 heavy (non-hydrogen) atoms. The van der Waals surface area contributed by atoms with Crippen LogP contribution in [-0.2, 0) is 11.4 Å². The molecule has 0 radical (unpaired) electrons. The second kappa shape index (κ2) is 9.69. The molecule has 2 aromatic carbocycles. The minimum absolute atomic E-state index is 0.0130. The zero-order valence-corrected chi connectivity index (χ0v) is 14.3. The zero-order valence-electron chi connectivity index (χ0n) is 14.3. The van der Waals surface area contributed by atoms with E-state index in [0.29, 0.717) is 23.7 Å². The molecule has 0 saturated heterocycles. The van der Waals surface area contributed by atoms with Gasteiger partial charge in [0, 0.05) is 17.7 Å². The van der Waals surface area contributed by atoms with E-state index in [4.69, 9.17) is 20.7 Å². The molecule has 0 spiro atoms. The van der Waals surface area contributed by atoms with Crippen molar-refractivity contribution < 1.29 is 19.2 Å². The van der Waals surface area contributed by atoms with E-state index in [-0.39, 0.29) is 18.9 Å². The van der Waals surface area contributed by atoms with Gasteiger partial charge in [0.15, 0.2) is 11.5 Å². The van der Waals surface area contributed by atoms with Crippen LogP contribution in [0, 0.1) is 22.5 Å². The van der Waals surface area contributed by atoms with Gasteiger partial charge in [0.2, 0.25) is 0 Å². The fourth-order valence-electron chi connectivity index (χ4n) is 2.08. The standard InChI is InChI=1S/C19H18N2O5/c1-3-10-25-18-9-8-15(12-19(18)24-4-2)13-20-26-14-16-6-5-7-17(11-16)21(22)23/h1,5-9,11-13H,4,10,14H2,2H3/b20-13-. The largest absolute Gasteiger partial charge is 0.490 e. The molecule has 0 unspecified atom stereocenters. The fourth-order valence-corrected chi connectivity index (χ4v) is 2.08. The molecule has 7 nitrogen and oxygen atoms in total. The van der Waals surface area contributed by atoms with Crippen LogP contribution in [0.1, 0.15) is 18.1 Å². The average molecular weight is 354 g/mol. The highest BCUT2D eigenvalue weighted by Gasteiger charge is 2.06. The molecular formula is C19H18N2O5. The van der Waals surface area contributed by atoms with Gasteiger partial charge in [-0.3, -0.25) is 10.1 Å².